The van der Waals surface area contributed by atoms with Gasteiger partial charge in [-0.1, -0.05) is 0 Å². The van der Waals surface area contributed by atoms with Gasteiger partial charge in [-0.25, -0.2) is 0 Å². The first kappa shape index (κ1) is 55.2. The molecule has 0 nitrogen and oxygen atoms in total. The molecule has 0 aromatic heterocycles. The zero-order valence-electron chi connectivity index (χ0n) is 0.577. The molecule has 0 aliphatic carbocycles. The zero-order valence-corrected chi connectivity index (χ0v) is 0.577. The predicted octanol–water partition coefficient (Wildman–Crippen LogP) is -4.47. The molecule has 25 valence electrons. The van der Waals surface area contributed by atoms with Crippen LogP contribution in [-0.2, 0) is 0 Å². The number of hydrogen-bond acceptors (Lipinski definition) is 0. The van der Waals surface area contributed by atoms with Gasteiger partial charge in [0.1, 0.15) is 0 Å². The van der Waals surface area contributed by atoms with Crippen LogP contribution in [-0.4, -0.2) is 54.3 Å². The van der Waals surface area contributed by atoms with Gasteiger partial charge in [-0.15, -0.1) is 0 Å². The van der Waals surface area contributed by atoms with Gasteiger partial charge >= 0.3 is 17.6 Å². The third-order valence-electron chi connectivity index (χ3n) is 0. The first-order valence-corrected chi connectivity index (χ1v) is 0. The molecule has 0 atom stereocenters. The van der Waals surface area contributed by atoms with Gasteiger partial charge in [0.25, 0.3) is 0 Å². The molecule has 0 bridgehead atoms. The summed E-state index contributed by atoms with van der Waals surface area (Å²) in [6, 6.07) is 0. The SMILES string of the molecule is [AlH3].[B].[GeH4].[SiH4]. The molecule has 0 fully saturated rings. The average molecular weight is 150 g/mol. The maximum absolute atomic E-state index is 0. The molecule has 4 heteroatoms. The van der Waals surface area contributed by atoms with Crippen molar-refractivity contribution >= 4 is 54.3 Å². The van der Waals surface area contributed by atoms with E-state index in [4.69, 9.17) is 0 Å². The average Bonchev–Trinajstić information content (AvgIpc) is 0. The third kappa shape index (κ3) is 10.1. The van der Waals surface area contributed by atoms with Crippen molar-refractivity contribution in [1.29, 1.82) is 0 Å². The van der Waals surface area contributed by atoms with E-state index in [2.05, 4.69) is 0 Å². The molecule has 0 amide bonds. The van der Waals surface area contributed by atoms with Gasteiger partial charge in [0.15, 0.2) is 17.4 Å². The third-order valence-corrected chi connectivity index (χ3v) is 0. The minimum Gasteiger partial charge on any atom is -0.0149 e. The smallest absolute Gasteiger partial charge is 0.0149 e. The second-order valence-corrected chi connectivity index (χ2v) is 0. The zero-order chi connectivity index (χ0) is 0. The van der Waals surface area contributed by atoms with Crippen LogP contribution in [0.15, 0.2) is 0 Å². The normalized spacial score (nSPS) is 0. The van der Waals surface area contributed by atoms with Crippen LogP contribution >= 0.6 is 0 Å². The molecule has 0 aromatic carbocycles. The van der Waals surface area contributed by atoms with Crippen LogP contribution in [0.2, 0.25) is 0 Å². The van der Waals surface area contributed by atoms with E-state index in [-0.39, 0.29) is 54.3 Å². The minimum atomic E-state index is 0. The van der Waals surface area contributed by atoms with E-state index in [1.807, 2.05) is 0 Å². The van der Waals surface area contributed by atoms with Crippen LogP contribution < -0.4 is 0 Å². The maximum atomic E-state index is 0. The van der Waals surface area contributed by atoms with Crippen molar-refractivity contribution in [2.45, 2.75) is 0 Å². The van der Waals surface area contributed by atoms with Gasteiger partial charge in [0.2, 0.25) is 0 Å². The Morgan fingerprint density at radius 3 is 1.00 bits per heavy atom. The summed E-state index contributed by atoms with van der Waals surface area (Å²) in [5.74, 6) is 0. The summed E-state index contributed by atoms with van der Waals surface area (Å²) in [6.45, 7) is 0. The van der Waals surface area contributed by atoms with E-state index in [1.54, 1.807) is 0 Å². The van der Waals surface area contributed by atoms with Crippen LogP contribution in [0.3, 0.4) is 0 Å². The van der Waals surface area contributed by atoms with Gasteiger partial charge in [-0.2, -0.15) is 0 Å². The van der Waals surface area contributed by atoms with E-state index in [0.29, 0.717) is 0 Å². The molecule has 0 spiro atoms. The Labute approximate surface area is 54.4 Å². The molecule has 0 saturated heterocycles. The largest absolute Gasteiger partial charge is 0.0149 e. The van der Waals surface area contributed by atoms with Crippen molar-refractivity contribution in [3.8, 4) is 0 Å². The molecular formula is H11AlBGeSi. The van der Waals surface area contributed by atoms with Crippen LogP contribution in [0.4, 0.5) is 0 Å². The summed E-state index contributed by atoms with van der Waals surface area (Å²) in [5.41, 5.74) is 0. The minimum absolute atomic E-state index is 0. The summed E-state index contributed by atoms with van der Waals surface area (Å²) in [6.07, 6.45) is 0. The molecule has 3 radical (unpaired) electrons. The predicted molar refractivity (Wildman–Crippen MR) is 38.4 cm³/mol. The van der Waals surface area contributed by atoms with Crippen molar-refractivity contribution in [3.63, 3.8) is 0 Å². The van der Waals surface area contributed by atoms with Gasteiger partial charge < -0.3 is 0 Å². The first-order valence-electron chi connectivity index (χ1n) is 0. The van der Waals surface area contributed by atoms with Crippen molar-refractivity contribution in [3.05, 3.63) is 0 Å². The summed E-state index contributed by atoms with van der Waals surface area (Å²) in [5, 5.41) is 0. The Bertz CT molecular complexity index is 8.00. The molecule has 4 heavy (non-hydrogen) atoms. The Morgan fingerprint density at radius 1 is 1.00 bits per heavy atom. The Morgan fingerprint density at radius 2 is 1.00 bits per heavy atom. The first-order chi connectivity index (χ1) is 0. The molecule has 0 aliphatic rings. The van der Waals surface area contributed by atoms with E-state index < -0.39 is 0 Å². The van der Waals surface area contributed by atoms with Gasteiger partial charge in [-0.3, -0.25) is 0 Å². The van der Waals surface area contributed by atoms with Crippen LogP contribution in [0.25, 0.3) is 0 Å². The van der Waals surface area contributed by atoms with Crippen molar-refractivity contribution in [1.82, 2.24) is 0 Å². The number of hydrogen-bond donors (Lipinski definition) is 0. The van der Waals surface area contributed by atoms with Crippen LogP contribution in [0, 0.1) is 0 Å². The summed E-state index contributed by atoms with van der Waals surface area (Å²) < 4.78 is 0. The Balaban J connectivity index is 0. The maximum Gasteiger partial charge on any atom is -0.0149 e. The van der Waals surface area contributed by atoms with Crippen LogP contribution in [0.5, 0.6) is 0 Å². The Kier molecular flexibility index (Phi) is 368. The van der Waals surface area contributed by atoms with E-state index in [0.717, 1.165) is 0 Å². The second-order valence-electron chi connectivity index (χ2n) is 0. The molecule has 0 saturated carbocycles. The molecule has 0 aromatic rings. The molecule has 0 N–H and O–H groups in total. The molecule has 0 unspecified atom stereocenters. The van der Waals surface area contributed by atoms with Gasteiger partial charge in [0, 0.05) is 8.41 Å². The topological polar surface area (TPSA) is 0 Å². The fourth-order valence-corrected chi connectivity index (χ4v) is 0. The quantitative estimate of drug-likeness (QED) is 0.305. The summed E-state index contributed by atoms with van der Waals surface area (Å²) in [4.78, 5) is 0. The van der Waals surface area contributed by atoms with Gasteiger partial charge in [-0.05, 0) is 11.0 Å². The Hall–Kier alpha value is 1.36. The molecular weight excluding hydrogens is 138 g/mol. The van der Waals surface area contributed by atoms with Gasteiger partial charge in [0.05, 0.1) is 0 Å². The van der Waals surface area contributed by atoms with Crippen molar-refractivity contribution in [2.75, 3.05) is 0 Å². The standard InChI is InChI=1S/Al.B.GeH4.H4Si.3H/h;;2*1H4;;;. The van der Waals surface area contributed by atoms with Crippen molar-refractivity contribution in [2.24, 2.45) is 0 Å². The molecule has 0 rings (SSSR count). The fraction of sp³-hybridized carbons (Fsp3) is 0. The summed E-state index contributed by atoms with van der Waals surface area (Å²) >= 11 is 0. The second kappa shape index (κ2) is 26.7. The number of rotatable bonds is 0. The molecule has 0 aliphatic heterocycles. The van der Waals surface area contributed by atoms with Crippen molar-refractivity contribution < 1.29 is 0 Å². The fourth-order valence-electron chi connectivity index (χ4n) is 0. The van der Waals surface area contributed by atoms with E-state index in [9.17, 15) is 0 Å². The van der Waals surface area contributed by atoms with E-state index >= 15 is 0 Å². The van der Waals surface area contributed by atoms with E-state index in [1.165, 1.54) is 0 Å². The monoisotopic (exact) mass is 151 g/mol. The summed E-state index contributed by atoms with van der Waals surface area (Å²) in [7, 11) is 0. The molecule has 0 heterocycles. The van der Waals surface area contributed by atoms with Crippen LogP contribution in [0.1, 0.15) is 0 Å².